The van der Waals surface area contributed by atoms with Crippen molar-refractivity contribution in [3.8, 4) is 0 Å². The number of rotatable bonds is 5. The van der Waals surface area contributed by atoms with Crippen molar-refractivity contribution in [2.24, 2.45) is 0 Å². The van der Waals surface area contributed by atoms with E-state index in [1.165, 1.54) is 36.4 Å². The fraction of sp³-hybridized carbons (Fsp3) is 0.100. The molecular weight excluding hydrogens is 322 g/mol. The van der Waals surface area contributed by atoms with Crippen LogP contribution < -0.4 is 5.32 Å². The standard InChI is InChI=1S/C20H16F2N2O/c21-16-5-3-15(4-6-16)19(12-14-2-1-11-23-13-14)20(25)24-18-9-7-17(22)8-10-18/h1-11,13,19H,12H2,(H,24,25). The molecule has 5 heteroatoms. The number of amides is 1. The molecule has 126 valence electrons. The number of carbonyl (C=O) groups is 1. The Kier molecular flexibility index (Phi) is 5.14. The molecule has 1 N–H and O–H groups in total. The lowest BCUT2D eigenvalue weighted by molar-refractivity contribution is -0.117. The molecule has 2 aromatic carbocycles. The Morgan fingerprint density at radius 3 is 2.20 bits per heavy atom. The molecule has 0 radical (unpaired) electrons. The Morgan fingerprint density at radius 1 is 0.960 bits per heavy atom. The second-order valence-corrected chi connectivity index (χ2v) is 5.67. The first-order valence-electron chi connectivity index (χ1n) is 7.82. The number of hydrogen-bond acceptors (Lipinski definition) is 2. The maximum atomic E-state index is 13.2. The van der Waals surface area contributed by atoms with Crippen LogP contribution in [0.5, 0.6) is 0 Å². The van der Waals surface area contributed by atoms with Gasteiger partial charge in [-0.2, -0.15) is 0 Å². The minimum absolute atomic E-state index is 0.248. The zero-order valence-electron chi connectivity index (χ0n) is 13.3. The summed E-state index contributed by atoms with van der Waals surface area (Å²) in [6.07, 6.45) is 3.78. The Hall–Kier alpha value is -3.08. The van der Waals surface area contributed by atoms with Gasteiger partial charge in [-0.25, -0.2) is 8.78 Å². The number of nitrogens with zero attached hydrogens (tertiary/aromatic N) is 1. The third-order valence-corrected chi connectivity index (χ3v) is 3.86. The summed E-state index contributed by atoms with van der Waals surface area (Å²) in [6, 6.07) is 15.1. The summed E-state index contributed by atoms with van der Waals surface area (Å²) >= 11 is 0. The summed E-state index contributed by atoms with van der Waals surface area (Å²) in [4.78, 5) is 16.8. The van der Waals surface area contributed by atoms with Crippen molar-refractivity contribution in [2.75, 3.05) is 5.32 Å². The highest BCUT2D eigenvalue weighted by atomic mass is 19.1. The first-order chi connectivity index (χ1) is 12.1. The molecule has 3 nitrogen and oxygen atoms in total. The van der Waals surface area contributed by atoms with Crippen LogP contribution in [0, 0.1) is 11.6 Å². The molecule has 1 aromatic heterocycles. The molecule has 0 fully saturated rings. The number of hydrogen-bond donors (Lipinski definition) is 1. The minimum Gasteiger partial charge on any atom is -0.326 e. The highest BCUT2D eigenvalue weighted by Crippen LogP contribution is 2.23. The van der Waals surface area contributed by atoms with Crippen LogP contribution in [0.4, 0.5) is 14.5 Å². The van der Waals surface area contributed by atoms with E-state index in [-0.39, 0.29) is 17.5 Å². The van der Waals surface area contributed by atoms with Crippen LogP contribution >= 0.6 is 0 Å². The van der Waals surface area contributed by atoms with Gasteiger partial charge in [-0.15, -0.1) is 0 Å². The molecule has 1 amide bonds. The maximum Gasteiger partial charge on any atom is 0.232 e. The zero-order chi connectivity index (χ0) is 17.6. The summed E-state index contributed by atoms with van der Waals surface area (Å²) in [7, 11) is 0. The number of carbonyl (C=O) groups excluding carboxylic acids is 1. The van der Waals surface area contributed by atoms with Crippen molar-refractivity contribution >= 4 is 11.6 Å². The molecule has 3 rings (SSSR count). The van der Waals surface area contributed by atoms with Gasteiger partial charge in [0.15, 0.2) is 0 Å². The monoisotopic (exact) mass is 338 g/mol. The van der Waals surface area contributed by atoms with Crippen LogP contribution in [0.1, 0.15) is 17.0 Å². The average Bonchev–Trinajstić information content (AvgIpc) is 2.63. The molecule has 0 aliphatic rings. The van der Waals surface area contributed by atoms with E-state index in [2.05, 4.69) is 10.3 Å². The van der Waals surface area contributed by atoms with Gasteiger partial charge in [0.05, 0.1) is 5.92 Å². The van der Waals surface area contributed by atoms with E-state index in [1.807, 2.05) is 6.07 Å². The van der Waals surface area contributed by atoms with Gasteiger partial charge in [0, 0.05) is 18.1 Å². The molecule has 1 unspecified atom stereocenters. The molecule has 0 saturated carbocycles. The first-order valence-corrected chi connectivity index (χ1v) is 7.82. The Bertz CT molecular complexity index is 834. The zero-order valence-corrected chi connectivity index (χ0v) is 13.3. The van der Waals surface area contributed by atoms with Crippen LogP contribution in [-0.2, 0) is 11.2 Å². The normalized spacial score (nSPS) is 11.8. The van der Waals surface area contributed by atoms with Crippen LogP contribution in [0.3, 0.4) is 0 Å². The van der Waals surface area contributed by atoms with E-state index >= 15 is 0 Å². The van der Waals surface area contributed by atoms with E-state index in [1.54, 1.807) is 30.6 Å². The number of nitrogens with one attached hydrogen (secondary N) is 1. The fourth-order valence-electron chi connectivity index (χ4n) is 2.57. The van der Waals surface area contributed by atoms with Crippen LogP contribution in [0.25, 0.3) is 0 Å². The van der Waals surface area contributed by atoms with Crippen LogP contribution in [0.15, 0.2) is 73.1 Å². The van der Waals surface area contributed by atoms with E-state index in [9.17, 15) is 13.6 Å². The van der Waals surface area contributed by atoms with Crippen molar-refractivity contribution in [3.63, 3.8) is 0 Å². The van der Waals surface area contributed by atoms with E-state index in [4.69, 9.17) is 0 Å². The average molecular weight is 338 g/mol. The molecule has 0 aliphatic carbocycles. The Balaban J connectivity index is 1.85. The van der Waals surface area contributed by atoms with Gasteiger partial charge in [0.2, 0.25) is 5.91 Å². The van der Waals surface area contributed by atoms with Gasteiger partial charge in [-0.3, -0.25) is 9.78 Å². The number of pyridine rings is 1. The summed E-state index contributed by atoms with van der Waals surface area (Å²) in [5.41, 5.74) is 2.10. The molecule has 3 aromatic rings. The first kappa shape index (κ1) is 16.8. The molecule has 25 heavy (non-hydrogen) atoms. The number of aromatic nitrogens is 1. The predicted molar refractivity (Wildman–Crippen MR) is 92.1 cm³/mol. The van der Waals surface area contributed by atoms with Crippen molar-refractivity contribution in [2.45, 2.75) is 12.3 Å². The minimum atomic E-state index is -0.519. The van der Waals surface area contributed by atoms with E-state index in [0.29, 0.717) is 17.7 Å². The van der Waals surface area contributed by atoms with E-state index < -0.39 is 5.92 Å². The van der Waals surface area contributed by atoms with Crippen LogP contribution in [-0.4, -0.2) is 10.9 Å². The van der Waals surface area contributed by atoms with Crippen molar-refractivity contribution < 1.29 is 13.6 Å². The largest absolute Gasteiger partial charge is 0.326 e. The summed E-state index contributed by atoms with van der Waals surface area (Å²) in [6.45, 7) is 0. The SMILES string of the molecule is O=C(Nc1ccc(F)cc1)C(Cc1cccnc1)c1ccc(F)cc1. The van der Waals surface area contributed by atoms with Gasteiger partial charge in [-0.1, -0.05) is 18.2 Å². The van der Waals surface area contributed by atoms with Crippen molar-refractivity contribution in [1.29, 1.82) is 0 Å². The number of anilines is 1. The quantitative estimate of drug-likeness (QED) is 0.752. The smallest absolute Gasteiger partial charge is 0.232 e. The summed E-state index contributed by atoms with van der Waals surface area (Å²) in [5.74, 6) is -1.50. The maximum absolute atomic E-state index is 13.2. The van der Waals surface area contributed by atoms with Gasteiger partial charge < -0.3 is 5.32 Å². The molecule has 1 atom stereocenters. The molecule has 0 aliphatic heterocycles. The topological polar surface area (TPSA) is 42.0 Å². The van der Waals surface area contributed by atoms with Gasteiger partial charge >= 0.3 is 0 Å². The summed E-state index contributed by atoms with van der Waals surface area (Å²) < 4.78 is 26.2. The van der Waals surface area contributed by atoms with Crippen molar-refractivity contribution in [1.82, 2.24) is 4.98 Å². The molecule has 1 heterocycles. The Morgan fingerprint density at radius 2 is 1.60 bits per heavy atom. The highest BCUT2D eigenvalue weighted by Gasteiger charge is 2.21. The molecule has 0 spiro atoms. The number of benzene rings is 2. The van der Waals surface area contributed by atoms with Gasteiger partial charge in [0.25, 0.3) is 0 Å². The molecule has 0 bridgehead atoms. The lowest BCUT2D eigenvalue weighted by Crippen LogP contribution is -2.23. The lowest BCUT2D eigenvalue weighted by Gasteiger charge is -2.17. The van der Waals surface area contributed by atoms with E-state index in [0.717, 1.165) is 5.56 Å². The molecule has 0 saturated heterocycles. The lowest BCUT2D eigenvalue weighted by atomic mass is 9.91. The fourth-order valence-corrected chi connectivity index (χ4v) is 2.57. The van der Waals surface area contributed by atoms with Gasteiger partial charge in [-0.05, 0) is 60.0 Å². The van der Waals surface area contributed by atoms with Crippen molar-refractivity contribution in [3.05, 3.63) is 95.8 Å². The Labute approximate surface area is 144 Å². The third kappa shape index (κ3) is 4.47. The van der Waals surface area contributed by atoms with Gasteiger partial charge in [0.1, 0.15) is 11.6 Å². The van der Waals surface area contributed by atoms with Crippen LogP contribution in [0.2, 0.25) is 0 Å². The molecular formula is C20H16F2N2O. The predicted octanol–water partition coefficient (Wildman–Crippen LogP) is 4.32. The third-order valence-electron chi connectivity index (χ3n) is 3.86. The highest BCUT2D eigenvalue weighted by molar-refractivity contribution is 5.96. The second kappa shape index (κ2) is 7.66. The second-order valence-electron chi connectivity index (χ2n) is 5.67. The number of halogens is 2. The summed E-state index contributed by atoms with van der Waals surface area (Å²) in [5, 5.41) is 2.78.